The molecule has 0 radical (unpaired) electrons. The van der Waals surface area contributed by atoms with Crippen molar-refractivity contribution in [2.24, 2.45) is 5.92 Å². The van der Waals surface area contributed by atoms with E-state index in [1.54, 1.807) is 0 Å². The predicted molar refractivity (Wildman–Crippen MR) is 115 cm³/mol. The van der Waals surface area contributed by atoms with Crippen LogP contribution in [0.25, 0.3) is 0 Å². The third-order valence-corrected chi connectivity index (χ3v) is 4.87. The van der Waals surface area contributed by atoms with E-state index in [1.807, 2.05) is 44.2 Å². The molecule has 0 aliphatic rings. The Balaban J connectivity index is 2.68. The van der Waals surface area contributed by atoms with Crippen LogP contribution < -0.4 is 10.6 Å². The lowest BCUT2D eigenvalue weighted by Gasteiger charge is -2.24. The van der Waals surface area contributed by atoms with Gasteiger partial charge in [-0.2, -0.15) is 12.6 Å². The van der Waals surface area contributed by atoms with Gasteiger partial charge in [-0.1, -0.05) is 44.2 Å². The first-order chi connectivity index (χ1) is 13.7. The molecule has 3 atom stereocenters. The molecule has 162 valence electrons. The van der Waals surface area contributed by atoms with Crippen molar-refractivity contribution < 1.29 is 24.2 Å². The zero-order valence-corrected chi connectivity index (χ0v) is 18.2. The quantitative estimate of drug-likeness (QED) is 0.285. The summed E-state index contributed by atoms with van der Waals surface area (Å²) in [5, 5.41) is 15.2. The summed E-state index contributed by atoms with van der Waals surface area (Å²) in [6, 6.07) is 7.64. The number of ether oxygens (including phenoxy) is 1. The van der Waals surface area contributed by atoms with Crippen molar-refractivity contribution >= 4 is 30.5 Å². The molecular weight excluding hydrogens is 392 g/mol. The Bertz CT molecular complexity index is 654. The van der Waals surface area contributed by atoms with Gasteiger partial charge in [-0.05, 0) is 24.3 Å². The number of hydrogen-bond donors (Lipinski definition) is 4. The van der Waals surface area contributed by atoms with Gasteiger partial charge in [-0.3, -0.25) is 9.59 Å². The Morgan fingerprint density at radius 1 is 1.14 bits per heavy atom. The van der Waals surface area contributed by atoms with E-state index in [1.165, 1.54) is 7.11 Å². The normalized spacial score (nSPS) is 14.1. The summed E-state index contributed by atoms with van der Waals surface area (Å²) in [4.78, 5) is 35.7. The molecule has 0 saturated carbocycles. The molecule has 29 heavy (non-hydrogen) atoms. The minimum absolute atomic E-state index is 0.129. The predicted octanol–water partition coefficient (Wildman–Crippen LogP) is 2.05. The third-order valence-electron chi connectivity index (χ3n) is 4.43. The van der Waals surface area contributed by atoms with Gasteiger partial charge >= 0.3 is 11.9 Å². The SMILES string of the molecule is COC(=O)CCC(S)CN[C@@H](CC(C)C)C(=O)N[C@@H](Cc1ccccc1)C(=O)O. The van der Waals surface area contributed by atoms with E-state index in [-0.39, 0.29) is 35.9 Å². The van der Waals surface area contributed by atoms with Crippen LogP contribution in [0, 0.1) is 5.92 Å². The molecule has 3 N–H and O–H groups in total. The fourth-order valence-corrected chi connectivity index (χ4v) is 3.08. The number of rotatable bonds is 13. The van der Waals surface area contributed by atoms with Crippen molar-refractivity contribution in [2.75, 3.05) is 13.7 Å². The lowest BCUT2D eigenvalue weighted by molar-refractivity contribution is -0.142. The topological polar surface area (TPSA) is 105 Å². The molecule has 1 amide bonds. The number of methoxy groups -OCH3 is 1. The molecule has 0 saturated heterocycles. The van der Waals surface area contributed by atoms with Gasteiger partial charge in [0.2, 0.25) is 5.91 Å². The maximum Gasteiger partial charge on any atom is 0.326 e. The molecule has 0 bridgehead atoms. The van der Waals surface area contributed by atoms with Gasteiger partial charge in [-0.15, -0.1) is 0 Å². The number of benzene rings is 1. The highest BCUT2D eigenvalue weighted by Gasteiger charge is 2.26. The highest BCUT2D eigenvalue weighted by Crippen LogP contribution is 2.10. The summed E-state index contributed by atoms with van der Waals surface area (Å²) in [7, 11) is 1.34. The van der Waals surface area contributed by atoms with Crippen LogP contribution in [0.2, 0.25) is 0 Å². The number of esters is 1. The summed E-state index contributed by atoms with van der Waals surface area (Å²) < 4.78 is 4.62. The van der Waals surface area contributed by atoms with Crippen molar-refractivity contribution in [3.8, 4) is 0 Å². The van der Waals surface area contributed by atoms with Gasteiger partial charge in [0, 0.05) is 24.6 Å². The Morgan fingerprint density at radius 3 is 2.34 bits per heavy atom. The molecule has 0 aliphatic carbocycles. The molecule has 1 aromatic carbocycles. The van der Waals surface area contributed by atoms with E-state index >= 15 is 0 Å². The van der Waals surface area contributed by atoms with Crippen LogP contribution >= 0.6 is 12.6 Å². The molecular formula is C21H32N2O5S. The van der Waals surface area contributed by atoms with E-state index in [9.17, 15) is 19.5 Å². The van der Waals surface area contributed by atoms with E-state index in [4.69, 9.17) is 0 Å². The van der Waals surface area contributed by atoms with Crippen LogP contribution in [0.15, 0.2) is 30.3 Å². The molecule has 0 aliphatic heterocycles. The molecule has 1 rings (SSSR count). The van der Waals surface area contributed by atoms with Crippen molar-refractivity contribution in [1.29, 1.82) is 0 Å². The zero-order valence-electron chi connectivity index (χ0n) is 17.3. The monoisotopic (exact) mass is 424 g/mol. The number of carboxylic acids is 1. The molecule has 1 unspecified atom stereocenters. The number of nitrogens with one attached hydrogen (secondary N) is 2. The van der Waals surface area contributed by atoms with E-state index in [0.29, 0.717) is 19.4 Å². The Hall–Kier alpha value is -2.06. The smallest absolute Gasteiger partial charge is 0.326 e. The number of aliphatic carboxylic acids is 1. The first kappa shape index (κ1) is 25.0. The second kappa shape index (κ2) is 13.2. The van der Waals surface area contributed by atoms with Crippen LogP contribution in [0.4, 0.5) is 0 Å². The largest absolute Gasteiger partial charge is 0.480 e. The van der Waals surface area contributed by atoms with Gasteiger partial charge in [0.15, 0.2) is 0 Å². The Kier molecular flexibility index (Phi) is 11.4. The van der Waals surface area contributed by atoms with Gasteiger partial charge < -0.3 is 20.5 Å². The lowest BCUT2D eigenvalue weighted by atomic mass is 10.0. The first-order valence-electron chi connectivity index (χ1n) is 9.78. The molecule has 0 fully saturated rings. The number of carbonyl (C=O) groups is 3. The number of carbonyl (C=O) groups excluding carboxylic acids is 2. The van der Waals surface area contributed by atoms with Gasteiger partial charge in [0.25, 0.3) is 0 Å². The summed E-state index contributed by atoms with van der Waals surface area (Å²) >= 11 is 4.45. The highest BCUT2D eigenvalue weighted by atomic mass is 32.1. The van der Waals surface area contributed by atoms with Crippen LogP contribution in [0.3, 0.4) is 0 Å². The van der Waals surface area contributed by atoms with E-state index < -0.39 is 18.1 Å². The van der Waals surface area contributed by atoms with Crippen LogP contribution in [-0.2, 0) is 25.5 Å². The molecule has 1 aromatic rings. The lowest BCUT2D eigenvalue weighted by Crippen LogP contribution is -2.52. The maximum atomic E-state index is 12.8. The first-order valence-corrected chi connectivity index (χ1v) is 10.3. The second-order valence-electron chi connectivity index (χ2n) is 7.45. The minimum Gasteiger partial charge on any atom is -0.480 e. The Morgan fingerprint density at radius 2 is 1.79 bits per heavy atom. The molecule has 7 nitrogen and oxygen atoms in total. The Labute approximate surface area is 178 Å². The maximum absolute atomic E-state index is 12.8. The standard InChI is InChI=1S/C21H32N2O5S/c1-14(2)11-17(22-13-16(29)9-10-19(24)28-3)20(25)23-18(21(26)27)12-15-7-5-4-6-8-15/h4-8,14,16-18,22,29H,9-13H2,1-3H3,(H,23,25)(H,26,27)/t16?,17-,18-/m0/s1. The second-order valence-corrected chi connectivity index (χ2v) is 8.18. The van der Waals surface area contributed by atoms with Crippen LogP contribution in [-0.4, -0.2) is 53.9 Å². The summed E-state index contributed by atoms with van der Waals surface area (Å²) in [6.45, 7) is 4.41. The molecule has 0 heterocycles. The summed E-state index contributed by atoms with van der Waals surface area (Å²) in [5.41, 5.74) is 0.840. The third kappa shape index (κ3) is 10.3. The van der Waals surface area contributed by atoms with Crippen molar-refractivity contribution in [2.45, 2.75) is 56.9 Å². The summed E-state index contributed by atoms with van der Waals surface area (Å²) in [6.07, 6.45) is 1.54. The van der Waals surface area contributed by atoms with Crippen LogP contribution in [0.1, 0.15) is 38.7 Å². The van der Waals surface area contributed by atoms with E-state index in [2.05, 4.69) is 28.0 Å². The average Bonchev–Trinajstić information content (AvgIpc) is 2.68. The molecule has 0 aromatic heterocycles. The van der Waals surface area contributed by atoms with Gasteiger partial charge in [-0.25, -0.2) is 4.79 Å². The number of hydrogen-bond acceptors (Lipinski definition) is 6. The fourth-order valence-electron chi connectivity index (χ4n) is 2.84. The minimum atomic E-state index is -1.07. The highest BCUT2D eigenvalue weighted by molar-refractivity contribution is 7.81. The van der Waals surface area contributed by atoms with E-state index in [0.717, 1.165) is 5.56 Å². The van der Waals surface area contributed by atoms with Gasteiger partial charge in [0.05, 0.1) is 13.2 Å². The van der Waals surface area contributed by atoms with Gasteiger partial charge in [0.1, 0.15) is 6.04 Å². The van der Waals surface area contributed by atoms with Crippen molar-refractivity contribution in [1.82, 2.24) is 10.6 Å². The number of carboxylic acid groups (broad SMARTS) is 1. The molecule has 0 spiro atoms. The van der Waals surface area contributed by atoms with Crippen LogP contribution in [0.5, 0.6) is 0 Å². The zero-order chi connectivity index (χ0) is 21.8. The van der Waals surface area contributed by atoms with Crippen molar-refractivity contribution in [3.63, 3.8) is 0 Å². The molecule has 8 heteroatoms. The number of thiol groups is 1. The number of amides is 1. The fraction of sp³-hybridized carbons (Fsp3) is 0.571. The van der Waals surface area contributed by atoms with Crippen molar-refractivity contribution in [3.05, 3.63) is 35.9 Å². The average molecular weight is 425 g/mol. The summed E-state index contributed by atoms with van der Waals surface area (Å²) in [5.74, 6) is -1.49.